The quantitative estimate of drug-likeness (QED) is 0.784. The van der Waals surface area contributed by atoms with Gasteiger partial charge in [0.25, 0.3) is 0 Å². The number of hydrogen-bond acceptors (Lipinski definition) is 2. The molecule has 0 spiro atoms. The maximum absolute atomic E-state index is 9.08. The predicted molar refractivity (Wildman–Crippen MR) is 70.5 cm³/mol. The van der Waals surface area contributed by atoms with E-state index >= 15 is 0 Å². The molecular formula is C14H15NS. The molecule has 0 amide bonds. The summed E-state index contributed by atoms with van der Waals surface area (Å²) in [5.41, 5.74) is 2.20. The third kappa shape index (κ3) is 2.31. The van der Waals surface area contributed by atoms with Gasteiger partial charge >= 0.3 is 0 Å². The second-order valence-electron chi connectivity index (χ2n) is 4.23. The number of allylic oxidation sites excluding steroid dienone is 1. The Morgan fingerprint density at radius 2 is 2.00 bits per heavy atom. The first kappa shape index (κ1) is 11.3. The summed E-state index contributed by atoms with van der Waals surface area (Å²) < 4.78 is 0. The number of nitriles is 1. The summed E-state index contributed by atoms with van der Waals surface area (Å²) in [6, 6.07) is 10.7. The van der Waals surface area contributed by atoms with Crippen molar-refractivity contribution >= 4 is 18.7 Å². The van der Waals surface area contributed by atoms with Crippen molar-refractivity contribution in [3.8, 4) is 6.07 Å². The summed E-state index contributed by atoms with van der Waals surface area (Å²) in [7, 11) is 0. The van der Waals surface area contributed by atoms with E-state index in [0.717, 1.165) is 25.0 Å². The average molecular weight is 229 g/mol. The molecule has 1 nitrogen and oxygen atoms in total. The van der Waals surface area contributed by atoms with Gasteiger partial charge in [-0.2, -0.15) is 17.9 Å². The van der Waals surface area contributed by atoms with E-state index in [1.54, 1.807) is 0 Å². The normalized spacial score (nSPS) is 17.2. The molecule has 1 aliphatic carbocycles. The molecule has 1 aromatic carbocycles. The lowest BCUT2D eigenvalue weighted by Crippen LogP contribution is -2.01. The highest BCUT2D eigenvalue weighted by Crippen LogP contribution is 2.47. The maximum atomic E-state index is 9.08. The zero-order valence-corrected chi connectivity index (χ0v) is 10.1. The van der Waals surface area contributed by atoms with Gasteiger partial charge in [-0.3, -0.25) is 0 Å². The van der Waals surface area contributed by atoms with E-state index in [-0.39, 0.29) is 5.41 Å². The van der Waals surface area contributed by atoms with Crippen LogP contribution in [0.3, 0.4) is 0 Å². The molecule has 0 radical (unpaired) electrons. The van der Waals surface area contributed by atoms with Gasteiger partial charge in [0.05, 0.1) is 11.5 Å². The summed E-state index contributed by atoms with van der Waals surface area (Å²) in [5.74, 6) is 0.881. The second-order valence-corrected chi connectivity index (χ2v) is 4.68. The van der Waals surface area contributed by atoms with Gasteiger partial charge in [-0.1, -0.05) is 36.4 Å². The summed E-state index contributed by atoms with van der Waals surface area (Å²) in [5, 5.41) is 9.08. The van der Waals surface area contributed by atoms with Crippen molar-refractivity contribution < 1.29 is 0 Å². The molecule has 2 heteroatoms. The number of hydrogen-bond donors (Lipinski definition) is 1. The minimum Gasteiger partial charge on any atom is -0.197 e. The lowest BCUT2D eigenvalue weighted by Gasteiger charge is -2.05. The topological polar surface area (TPSA) is 23.8 Å². The maximum Gasteiger partial charge on any atom is 0.0823 e. The molecule has 0 aliphatic heterocycles. The van der Waals surface area contributed by atoms with Gasteiger partial charge in [0.1, 0.15) is 0 Å². The Kier molecular flexibility index (Phi) is 3.36. The molecule has 0 aromatic heterocycles. The van der Waals surface area contributed by atoms with Crippen molar-refractivity contribution in [1.82, 2.24) is 0 Å². The van der Waals surface area contributed by atoms with Crippen LogP contribution in [0.15, 0.2) is 30.3 Å². The molecule has 0 heterocycles. The Hall–Kier alpha value is -1.20. The van der Waals surface area contributed by atoms with Crippen LogP contribution in [-0.4, -0.2) is 5.75 Å². The smallest absolute Gasteiger partial charge is 0.0823 e. The van der Waals surface area contributed by atoms with Crippen LogP contribution in [0.25, 0.3) is 6.08 Å². The van der Waals surface area contributed by atoms with E-state index in [9.17, 15) is 0 Å². The van der Waals surface area contributed by atoms with Crippen LogP contribution in [0, 0.1) is 11.3 Å². The van der Waals surface area contributed by atoms with Crippen LogP contribution >= 0.6 is 12.6 Å². The lowest BCUT2D eigenvalue weighted by molar-refractivity contribution is 0.908. The highest BCUT2D eigenvalue weighted by molar-refractivity contribution is 7.80. The zero-order valence-electron chi connectivity index (χ0n) is 9.19. The minimum atomic E-state index is -0.159. The molecule has 0 atom stereocenters. The Morgan fingerprint density at radius 1 is 1.31 bits per heavy atom. The zero-order chi connectivity index (χ0) is 11.4. The summed E-state index contributed by atoms with van der Waals surface area (Å²) in [4.78, 5) is 0. The monoisotopic (exact) mass is 229 g/mol. The molecule has 82 valence electrons. The fraction of sp³-hybridized carbons (Fsp3) is 0.357. The van der Waals surface area contributed by atoms with Crippen LogP contribution < -0.4 is 0 Å². The van der Waals surface area contributed by atoms with E-state index in [2.05, 4.69) is 55.1 Å². The molecule has 0 bridgehead atoms. The van der Waals surface area contributed by atoms with Crippen molar-refractivity contribution in [2.75, 3.05) is 5.75 Å². The second kappa shape index (κ2) is 4.76. The van der Waals surface area contributed by atoms with Gasteiger partial charge < -0.3 is 0 Å². The van der Waals surface area contributed by atoms with Crippen molar-refractivity contribution in [2.45, 2.75) is 24.7 Å². The fourth-order valence-corrected chi connectivity index (χ4v) is 1.95. The standard InChI is InChI=1S/C14H15NS/c15-11-14(8-9-14)13-6-4-12(5-7-13)3-1-2-10-16/h1,3-7,16H,2,8-10H2. The fourth-order valence-electron chi connectivity index (χ4n) is 1.80. The molecule has 0 saturated heterocycles. The molecule has 16 heavy (non-hydrogen) atoms. The number of benzene rings is 1. The van der Waals surface area contributed by atoms with E-state index in [4.69, 9.17) is 5.26 Å². The van der Waals surface area contributed by atoms with Gasteiger partial charge in [0.2, 0.25) is 0 Å². The third-order valence-electron chi connectivity index (χ3n) is 3.03. The van der Waals surface area contributed by atoms with E-state index < -0.39 is 0 Å². The molecule has 1 aromatic rings. The number of rotatable bonds is 4. The van der Waals surface area contributed by atoms with Gasteiger partial charge in [0.15, 0.2) is 0 Å². The first-order valence-corrected chi connectivity index (χ1v) is 6.23. The van der Waals surface area contributed by atoms with Crippen molar-refractivity contribution in [3.63, 3.8) is 0 Å². The Balaban J connectivity index is 2.09. The van der Waals surface area contributed by atoms with Gasteiger partial charge in [-0.25, -0.2) is 0 Å². The van der Waals surface area contributed by atoms with Crippen molar-refractivity contribution in [3.05, 3.63) is 41.5 Å². The summed E-state index contributed by atoms with van der Waals surface area (Å²) in [6.45, 7) is 0. The van der Waals surface area contributed by atoms with Crippen molar-refractivity contribution in [1.29, 1.82) is 5.26 Å². The van der Waals surface area contributed by atoms with Gasteiger partial charge in [-0.05, 0) is 36.1 Å². The molecule has 0 N–H and O–H groups in total. The first-order chi connectivity index (χ1) is 7.80. The Morgan fingerprint density at radius 3 is 2.50 bits per heavy atom. The molecule has 1 saturated carbocycles. The highest BCUT2D eigenvalue weighted by Gasteiger charge is 2.44. The number of thiol groups is 1. The average Bonchev–Trinajstić information content (AvgIpc) is 3.11. The SMILES string of the molecule is N#CC1(c2ccc(C=CCCS)cc2)CC1. The minimum absolute atomic E-state index is 0.159. The predicted octanol–water partition coefficient (Wildman–Crippen LogP) is 3.57. The number of nitrogens with zero attached hydrogens (tertiary/aromatic N) is 1. The van der Waals surface area contributed by atoms with E-state index in [1.807, 2.05) is 0 Å². The van der Waals surface area contributed by atoms with Gasteiger partial charge in [0, 0.05) is 0 Å². The van der Waals surface area contributed by atoms with Crippen LogP contribution in [0.4, 0.5) is 0 Å². The first-order valence-electron chi connectivity index (χ1n) is 5.60. The Labute approximate surface area is 102 Å². The summed E-state index contributed by atoms with van der Waals surface area (Å²) >= 11 is 4.15. The van der Waals surface area contributed by atoms with E-state index in [0.29, 0.717) is 0 Å². The molecule has 1 fully saturated rings. The summed E-state index contributed by atoms with van der Waals surface area (Å²) in [6.07, 6.45) is 7.24. The lowest BCUT2D eigenvalue weighted by atomic mass is 9.96. The van der Waals surface area contributed by atoms with Crippen molar-refractivity contribution in [2.24, 2.45) is 0 Å². The van der Waals surface area contributed by atoms with Crippen LogP contribution in [-0.2, 0) is 5.41 Å². The van der Waals surface area contributed by atoms with E-state index in [1.165, 1.54) is 11.1 Å². The molecule has 0 unspecified atom stereocenters. The highest BCUT2D eigenvalue weighted by atomic mass is 32.1. The van der Waals surface area contributed by atoms with Crippen LogP contribution in [0.2, 0.25) is 0 Å². The Bertz CT molecular complexity index is 421. The van der Waals surface area contributed by atoms with Crippen LogP contribution in [0.1, 0.15) is 30.4 Å². The largest absolute Gasteiger partial charge is 0.197 e. The molecule has 2 rings (SSSR count). The van der Waals surface area contributed by atoms with Gasteiger partial charge in [-0.15, -0.1) is 0 Å². The molecular weight excluding hydrogens is 214 g/mol. The molecule has 1 aliphatic rings. The third-order valence-corrected chi connectivity index (χ3v) is 3.29. The van der Waals surface area contributed by atoms with Crippen LogP contribution in [0.5, 0.6) is 0 Å².